The Balaban J connectivity index is 2.51. The number of carbonyl (C=O) groups is 1. The van der Waals surface area contributed by atoms with E-state index in [0.29, 0.717) is 10.9 Å². The minimum Gasteiger partial charge on any atom is -0.464 e. The van der Waals surface area contributed by atoms with Crippen molar-refractivity contribution in [2.24, 2.45) is 0 Å². The smallest absolute Gasteiger partial charge is 0.356 e. The van der Waals surface area contributed by atoms with Crippen molar-refractivity contribution in [2.45, 2.75) is 18.6 Å². The lowest BCUT2D eigenvalue weighted by molar-refractivity contribution is 0.0594. The largest absolute Gasteiger partial charge is 0.464 e. The zero-order valence-electron chi connectivity index (χ0n) is 10.4. The van der Waals surface area contributed by atoms with Crippen LogP contribution in [-0.2, 0) is 4.74 Å². The van der Waals surface area contributed by atoms with Crippen LogP contribution in [0.25, 0.3) is 0 Å². The minimum absolute atomic E-state index is 0.329. The van der Waals surface area contributed by atoms with Crippen molar-refractivity contribution in [1.29, 1.82) is 0 Å². The monoisotopic (exact) mass is 254 g/mol. The molecule has 5 heteroatoms. The number of rotatable bonds is 6. The molecule has 1 rings (SSSR count). The minimum atomic E-state index is -0.411. The second-order valence-electron chi connectivity index (χ2n) is 3.68. The Morgan fingerprint density at radius 2 is 2.41 bits per heavy atom. The third-order valence-electron chi connectivity index (χ3n) is 2.44. The molecule has 1 N–H and O–H groups in total. The van der Waals surface area contributed by atoms with E-state index in [2.05, 4.69) is 28.2 Å². The van der Waals surface area contributed by atoms with E-state index in [1.807, 2.05) is 17.8 Å². The summed E-state index contributed by atoms with van der Waals surface area (Å²) in [4.78, 5) is 15.2. The number of pyridine rings is 1. The molecule has 0 saturated carbocycles. The van der Waals surface area contributed by atoms with Gasteiger partial charge in [-0.3, -0.25) is 0 Å². The lowest BCUT2D eigenvalue weighted by Crippen LogP contribution is -2.09. The maximum atomic E-state index is 11.3. The van der Waals surface area contributed by atoms with Gasteiger partial charge < -0.3 is 10.1 Å². The van der Waals surface area contributed by atoms with Crippen LogP contribution in [0.15, 0.2) is 18.3 Å². The number of methoxy groups -OCH3 is 1. The fourth-order valence-electron chi connectivity index (χ4n) is 1.29. The van der Waals surface area contributed by atoms with Gasteiger partial charge in [0.05, 0.1) is 7.11 Å². The van der Waals surface area contributed by atoms with Gasteiger partial charge in [0.2, 0.25) is 0 Å². The highest BCUT2D eigenvalue weighted by Gasteiger charge is 2.07. The van der Waals surface area contributed by atoms with E-state index in [4.69, 9.17) is 0 Å². The van der Waals surface area contributed by atoms with Crippen LogP contribution in [0.4, 0.5) is 5.69 Å². The second kappa shape index (κ2) is 7.17. The standard InChI is InChI=1S/C12H18N2O2S/c1-9(17-3)4-6-13-10-5-7-14-11(8-10)12(15)16-2/h5,7-9H,4,6H2,1-3H3,(H,13,14). The third-order valence-corrected chi connectivity index (χ3v) is 3.48. The molecule has 1 aromatic rings. The fourth-order valence-corrected chi connectivity index (χ4v) is 1.65. The SMILES string of the molecule is COC(=O)c1cc(NCCC(C)SC)ccn1. The molecule has 1 unspecified atom stereocenters. The van der Waals surface area contributed by atoms with Crippen molar-refractivity contribution in [3.05, 3.63) is 24.0 Å². The van der Waals surface area contributed by atoms with Gasteiger partial charge >= 0.3 is 5.97 Å². The van der Waals surface area contributed by atoms with Crippen LogP contribution >= 0.6 is 11.8 Å². The fraction of sp³-hybridized carbons (Fsp3) is 0.500. The van der Waals surface area contributed by atoms with Gasteiger partial charge in [0.1, 0.15) is 5.69 Å². The number of ether oxygens (including phenoxy) is 1. The predicted octanol–water partition coefficient (Wildman–Crippen LogP) is 2.42. The van der Waals surface area contributed by atoms with Gasteiger partial charge in [-0.05, 0) is 24.8 Å². The molecule has 0 aliphatic heterocycles. The molecule has 0 amide bonds. The molecule has 0 saturated heterocycles. The Bertz CT molecular complexity index is 371. The number of aromatic nitrogens is 1. The molecule has 0 radical (unpaired) electrons. The lowest BCUT2D eigenvalue weighted by Gasteiger charge is -2.10. The van der Waals surface area contributed by atoms with Crippen molar-refractivity contribution in [1.82, 2.24) is 4.98 Å². The van der Waals surface area contributed by atoms with Crippen LogP contribution in [0, 0.1) is 0 Å². The summed E-state index contributed by atoms with van der Waals surface area (Å²) in [5, 5.41) is 3.90. The number of hydrogen-bond acceptors (Lipinski definition) is 5. The molecule has 4 nitrogen and oxygen atoms in total. The van der Waals surface area contributed by atoms with E-state index in [1.54, 1.807) is 12.3 Å². The van der Waals surface area contributed by atoms with E-state index in [1.165, 1.54) is 7.11 Å². The van der Waals surface area contributed by atoms with Crippen LogP contribution in [0.1, 0.15) is 23.8 Å². The van der Waals surface area contributed by atoms with Gasteiger partial charge in [-0.2, -0.15) is 11.8 Å². The van der Waals surface area contributed by atoms with E-state index in [-0.39, 0.29) is 0 Å². The zero-order valence-corrected chi connectivity index (χ0v) is 11.2. The summed E-state index contributed by atoms with van der Waals surface area (Å²) >= 11 is 1.85. The molecule has 17 heavy (non-hydrogen) atoms. The summed E-state index contributed by atoms with van der Waals surface area (Å²) in [5.74, 6) is -0.411. The van der Waals surface area contributed by atoms with Gasteiger partial charge in [0, 0.05) is 23.7 Å². The average molecular weight is 254 g/mol. The number of carbonyl (C=O) groups excluding carboxylic acids is 1. The molecule has 94 valence electrons. The van der Waals surface area contributed by atoms with Gasteiger partial charge in [0.25, 0.3) is 0 Å². The van der Waals surface area contributed by atoms with Crippen LogP contribution in [0.2, 0.25) is 0 Å². The van der Waals surface area contributed by atoms with Gasteiger partial charge in [-0.25, -0.2) is 9.78 Å². The quantitative estimate of drug-likeness (QED) is 0.790. The molecule has 0 aliphatic rings. The molecule has 1 atom stereocenters. The first-order chi connectivity index (χ1) is 8.17. The molecular weight excluding hydrogens is 236 g/mol. The Hall–Kier alpha value is -1.23. The maximum Gasteiger partial charge on any atom is 0.356 e. The number of hydrogen-bond donors (Lipinski definition) is 1. The molecular formula is C12H18N2O2S. The highest BCUT2D eigenvalue weighted by atomic mass is 32.2. The number of thioether (sulfide) groups is 1. The highest BCUT2D eigenvalue weighted by molar-refractivity contribution is 7.99. The van der Waals surface area contributed by atoms with Crippen LogP contribution < -0.4 is 5.32 Å². The lowest BCUT2D eigenvalue weighted by atomic mass is 10.3. The first-order valence-electron chi connectivity index (χ1n) is 5.48. The topological polar surface area (TPSA) is 51.2 Å². The average Bonchev–Trinajstić information content (AvgIpc) is 2.38. The van der Waals surface area contributed by atoms with Gasteiger partial charge in [-0.1, -0.05) is 6.92 Å². The summed E-state index contributed by atoms with van der Waals surface area (Å²) in [5.41, 5.74) is 1.23. The summed E-state index contributed by atoms with van der Waals surface area (Å²) in [6, 6.07) is 3.55. The van der Waals surface area contributed by atoms with E-state index in [9.17, 15) is 4.79 Å². The molecule has 1 aromatic heterocycles. The van der Waals surface area contributed by atoms with Crippen LogP contribution in [0.3, 0.4) is 0 Å². The van der Waals surface area contributed by atoms with Crippen LogP contribution in [0.5, 0.6) is 0 Å². The van der Waals surface area contributed by atoms with E-state index >= 15 is 0 Å². The Kier molecular flexibility index (Phi) is 5.83. The Labute approximate surface area is 106 Å². The molecule has 0 spiro atoms. The summed E-state index contributed by atoms with van der Waals surface area (Å²) in [7, 11) is 1.35. The molecule has 0 aromatic carbocycles. The second-order valence-corrected chi connectivity index (χ2v) is 4.96. The number of esters is 1. The van der Waals surface area contributed by atoms with Gasteiger partial charge in [-0.15, -0.1) is 0 Å². The van der Waals surface area contributed by atoms with Gasteiger partial charge in [0.15, 0.2) is 0 Å². The van der Waals surface area contributed by atoms with E-state index < -0.39 is 5.97 Å². The molecule has 1 heterocycles. The highest BCUT2D eigenvalue weighted by Crippen LogP contribution is 2.12. The molecule has 0 fully saturated rings. The summed E-state index contributed by atoms with van der Waals surface area (Å²) in [6.45, 7) is 3.07. The predicted molar refractivity (Wildman–Crippen MR) is 71.7 cm³/mol. The Morgan fingerprint density at radius 3 is 3.06 bits per heavy atom. The van der Waals surface area contributed by atoms with Crippen molar-refractivity contribution in [2.75, 3.05) is 25.2 Å². The summed E-state index contributed by atoms with van der Waals surface area (Å²) in [6.07, 6.45) is 4.79. The number of nitrogens with zero attached hydrogens (tertiary/aromatic N) is 1. The number of anilines is 1. The number of nitrogens with one attached hydrogen (secondary N) is 1. The van der Waals surface area contributed by atoms with Crippen molar-refractivity contribution in [3.63, 3.8) is 0 Å². The zero-order chi connectivity index (χ0) is 12.7. The van der Waals surface area contributed by atoms with Crippen molar-refractivity contribution in [3.8, 4) is 0 Å². The van der Waals surface area contributed by atoms with Crippen molar-refractivity contribution < 1.29 is 9.53 Å². The molecule has 0 bridgehead atoms. The third kappa shape index (κ3) is 4.65. The first-order valence-corrected chi connectivity index (χ1v) is 6.77. The first kappa shape index (κ1) is 13.8. The van der Waals surface area contributed by atoms with Crippen LogP contribution in [-0.4, -0.2) is 36.1 Å². The molecule has 0 aliphatic carbocycles. The normalized spacial score (nSPS) is 11.9. The maximum absolute atomic E-state index is 11.3. The summed E-state index contributed by atoms with van der Waals surface area (Å²) < 4.78 is 4.62. The van der Waals surface area contributed by atoms with Crippen molar-refractivity contribution >= 4 is 23.4 Å². The Morgan fingerprint density at radius 1 is 1.65 bits per heavy atom. The van der Waals surface area contributed by atoms with E-state index in [0.717, 1.165) is 18.7 Å².